The Labute approximate surface area is 41.3 Å². The second-order valence-electron chi connectivity index (χ2n) is 0. The van der Waals surface area contributed by atoms with E-state index in [0.717, 1.165) is 0 Å². The van der Waals surface area contributed by atoms with E-state index in [2.05, 4.69) is 0 Å². The van der Waals surface area contributed by atoms with Gasteiger partial charge in [-0.3, -0.25) is 14.1 Å². The Morgan fingerprint density at radius 3 is 0.600 bits per heavy atom. The second-order valence-corrected chi connectivity index (χ2v) is 0. The fourth-order valence-electron chi connectivity index (χ4n) is 0. The largest absolute Gasteiger partial charge is 1.00 e. The monoisotopic (exact) mass is 127 g/mol. The van der Waals surface area contributed by atoms with Crippen LogP contribution < -0.4 is 4.70 Å². The molecule has 0 aromatic heterocycles. The molecule has 36 valence electrons. The van der Waals surface area contributed by atoms with Crippen LogP contribution in [0.4, 0.5) is 14.1 Å². The van der Waals surface area contributed by atoms with Crippen molar-refractivity contribution in [2.75, 3.05) is 0 Å². The molecule has 5 heavy (non-hydrogen) atoms. The third-order valence-corrected chi connectivity index (χ3v) is 0. The molecule has 0 saturated heterocycles. The molecule has 0 bridgehead atoms. The van der Waals surface area contributed by atoms with Crippen molar-refractivity contribution < 1.29 is 40.5 Å². The van der Waals surface area contributed by atoms with Gasteiger partial charge in [0.2, 0.25) is 0 Å². The number of hydrogen-bond acceptors (Lipinski definition) is 0. The van der Waals surface area contributed by atoms with Crippen LogP contribution in [0.5, 0.6) is 0 Å². The second kappa shape index (κ2) is 277. The van der Waals surface area contributed by atoms with Gasteiger partial charge in [0.1, 0.15) is 0 Å². The summed E-state index contributed by atoms with van der Waals surface area (Å²) in [5, 5.41) is 0. The van der Waals surface area contributed by atoms with Gasteiger partial charge in [-0.05, 0) is 0 Å². The van der Waals surface area contributed by atoms with Crippen LogP contribution in [-0.2, 0) is 21.7 Å². The van der Waals surface area contributed by atoms with Gasteiger partial charge in [-0.1, -0.05) is 0 Å². The molecule has 0 radical (unpaired) electrons. The Hall–Kier alpha value is 0.434. The third kappa shape index (κ3) is 139. The van der Waals surface area contributed by atoms with E-state index in [0.29, 0.717) is 0 Å². The molecule has 0 aromatic carbocycles. The van der Waals surface area contributed by atoms with Crippen molar-refractivity contribution in [3.63, 3.8) is 0 Å². The summed E-state index contributed by atoms with van der Waals surface area (Å²) in [4.78, 5) is 0. The van der Waals surface area contributed by atoms with Crippen molar-refractivity contribution >= 4 is 0 Å². The molecular formula is H3F4Ti-. The molecule has 0 spiro atoms. The van der Waals surface area contributed by atoms with Gasteiger partial charge in [-0.15, -0.1) is 0 Å². The Morgan fingerprint density at radius 2 is 0.600 bits per heavy atom. The molecule has 0 N–H and O–H groups in total. The molecule has 0 heterocycles. The summed E-state index contributed by atoms with van der Waals surface area (Å²) in [6.07, 6.45) is 0. The minimum Gasteiger partial charge on any atom is -1.00 e. The van der Waals surface area contributed by atoms with E-state index in [-0.39, 0.29) is 40.5 Å². The van der Waals surface area contributed by atoms with E-state index in [1.165, 1.54) is 0 Å². The van der Waals surface area contributed by atoms with Crippen LogP contribution in [0.25, 0.3) is 0 Å². The molecule has 0 unspecified atom stereocenters. The zero-order valence-electron chi connectivity index (χ0n) is 2.10. The molecule has 0 aliphatic carbocycles. The van der Waals surface area contributed by atoms with Crippen molar-refractivity contribution in [2.45, 2.75) is 0 Å². The summed E-state index contributed by atoms with van der Waals surface area (Å²) in [7, 11) is 0. The molecule has 0 aliphatic heterocycles. The summed E-state index contributed by atoms with van der Waals surface area (Å²) in [5.41, 5.74) is 0. The summed E-state index contributed by atoms with van der Waals surface area (Å²) < 4.78 is 0. The smallest absolute Gasteiger partial charge is 0 e. The molecule has 0 atom stereocenters. The van der Waals surface area contributed by atoms with Gasteiger partial charge in [0.15, 0.2) is 0 Å². The fourth-order valence-corrected chi connectivity index (χ4v) is 0. The van der Waals surface area contributed by atoms with E-state index in [1.807, 2.05) is 0 Å². The summed E-state index contributed by atoms with van der Waals surface area (Å²) >= 11 is 0. The van der Waals surface area contributed by atoms with Crippen LogP contribution in [0.2, 0.25) is 0 Å². The van der Waals surface area contributed by atoms with Crippen molar-refractivity contribution in [1.82, 2.24) is 0 Å². The topological polar surface area (TPSA) is 0 Å². The quantitative estimate of drug-likeness (QED) is 0.248. The van der Waals surface area contributed by atoms with Crippen molar-refractivity contribution in [3.05, 3.63) is 0 Å². The van der Waals surface area contributed by atoms with Crippen LogP contribution in [0, 0.1) is 0 Å². The first-order chi connectivity index (χ1) is 0. The van der Waals surface area contributed by atoms with Crippen molar-refractivity contribution in [2.24, 2.45) is 0 Å². The minimum atomic E-state index is 0. The predicted octanol–water partition coefficient (Wildman–Crippen LogP) is -2.54. The molecule has 0 amide bonds. The molecule has 5 heteroatoms. The van der Waals surface area contributed by atoms with Crippen LogP contribution in [0.1, 0.15) is 0 Å². The fraction of sp³-hybridized carbons (Fsp3) is 0. The average Bonchev–Trinajstić information content (AvgIpc) is 0. The molecule has 0 nitrogen and oxygen atoms in total. The van der Waals surface area contributed by atoms with Crippen LogP contribution in [0.15, 0.2) is 0 Å². The zero-order chi connectivity index (χ0) is 0. The van der Waals surface area contributed by atoms with Crippen molar-refractivity contribution in [1.29, 1.82) is 0 Å². The molecule has 0 aromatic rings. The number of rotatable bonds is 0. The minimum absolute atomic E-state index is 0. The van der Waals surface area contributed by atoms with Gasteiger partial charge in [-0.25, -0.2) is 0 Å². The van der Waals surface area contributed by atoms with E-state index in [9.17, 15) is 0 Å². The van der Waals surface area contributed by atoms with Gasteiger partial charge in [0.05, 0.1) is 0 Å². The predicted molar refractivity (Wildman–Crippen MR) is 7.51 cm³/mol. The van der Waals surface area contributed by atoms with Gasteiger partial charge < -0.3 is 4.70 Å². The van der Waals surface area contributed by atoms with Crippen LogP contribution in [0.3, 0.4) is 0 Å². The maximum atomic E-state index is 0. The van der Waals surface area contributed by atoms with Gasteiger partial charge in [-0.2, -0.15) is 0 Å². The SMILES string of the molecule is F.F.F.[F-].[Ti]. The zero-order valence-corrected chi connectivity index (χ0v) is 3.66. The standard InChI is InChI=1S/4FH.Ti/h4*1H;/p-1. The van der Waals surface area contributed by atoms with E-state index < -0.39 is 0 Å². The number of halogens is 4. The van der Waals surface area contributed by atoms with Gasteiger partial charge in [0, 0.05) is 21.7 Å². The number of hydrogen-bond donors (Lipinski definition) is 0. The molecule has 0 aliphatic rings. The average molecular weight is 127 g/mol. The Morgan fingerprint density at radius 1 is 0.600 bits per heavy atom. The van der Waals surface area contributed by atoms with Crippen molar-refractivity contribution in [3.8, 4) is 0 Å². The maximum absolute atomic E-state index is 0. The molecule has 0 fully saturated rings. The van der Waals surface area contributed by atoms with E-state index in [1.54, 1.807) is 0 Å². The molecule has 0 saturated carbocycles. The first kappa shape index (κ1) is 567. The Bertz CT molecular complexity index is 3.61. The maximum Gasteiger partial charge on any atom is 0 e. The van der Waals surface area contributed by atoms with E-state index >= 15 is 0 Å². The van der Waals surface area contributed by atoms with Gasteiger partial charge in [0.25, 0.3) is 0 Å². The van der Waals surface area contributed by atoms with E-state index in [4.69, 9.17) is 0 Å². The van der Waals surface area contributed by atoms with Gasteiger partial charge >= 0.3 is 0 Å². The first-order valence-corrected chi connectivity index (χ1v) is 0. The summed E-state index contributed by atoms with van der Waals surface area (Å²) in [6.45, 7) is 0. The third-order valence-electron chi connectivity index (χ3n) is 0. The summed E-state index contributed by atoms with van der Waals surface area (Å²) in [5.74, 6) is 0. The molecule has 0 rings (SSSR count). The molecular weight excluding hydrogens is 124 g/mol. The Kier molecular flexibility index (Phi) is 31400. The Balaban J connectivity index is 0. The van der Waals surface area contributed by atoms with Crippen LogP contribution in [-0.4, -0.2) is 0 Å². The normalized spacial score (nSPS) is 0. The van der Waals surface area contributed by atoms with Crippen LogP contribution >= 0.6 is 0 Å². The summed E-state index contributed by atoms with van der Waals surface area (Å²) in [6, 6.07) is 0. The first-order valence-electron chi connectivity index (χ1n) is 0.